The predicted octanol–water partition coefficient (Wildman–Crippen LogP) is 1.82. The molecular formula is C15H20N4O2. The van der Waals surface area contributed by atoms with Crippen molar-refractivity contribution in [1.29, 1.82) is 0 Å². The van der Waals surface area contributed by atoms with Gasteiger partial charge < -0.3 is 15.7 Å². The summed E-state index contributed by atoms with van der Waals surface area (Å²) in [6.07, 6.45) is 3.64. The summed E-state index contributed by atoms with van der Waals surface area (Å²) in [5.41, 5.74) is 1.15. The van der Waals surface area contributed by atoms with Gasteiger partial charge in [0.1, 0.15) is 0 Å². The SMILES string of the molecule is CC(C)(CO)NC(=O)Nc1ccc(Cn2cccn2)cc1. The molecule has 3 N–H and O–H groups in total. The average Bonchev–Trinajstić information content (AvgIpc) is 2.93. The number of nitrogens with one attached hydrogen (secondary N) is 2. The molecule has 112 valence electrons. The van der Waals surface area contributed by atoms with E-state index in [2.05, 4.69) is 15.7 Å². The van der Waals surface area contributed by atoms with Gasteiger partial charge in [0, 0.05) is 18.1 Å². The second-order valence-electron chi connectivity index (χ2n) is 5.52. The summed E-state index contributed by atoms with van der Waals surface area (Å²) in [6.45, 7) is 4.07. The smallest absolute Gasteiger partial charge is 0.319 e. The molecule has 0 aliphatic rings. The predicted molar refractivity (Wildman–Crippen MR) is 81.1 cm³/mol. The summed E-state index contributed by atoms with van der Waals surface area (Å²) >= 11 is 0. The Bertz CT molecular complexity index is 576. The summed E-state index contributed by atoms with van der Waals surface area (Å²) in [7, 11) is 0. The Labute approximate surface area is 123 Å². The van der Waals surface area contributed by atoms with E-state index in [0.29, 0.717) is 12.2 Å². The maximum Gasteiger partial charge on any atom is 0.319 e. The molecule has 2 aromatic rings. The number of carbonyl (C=O) groups excluding carboxylic acids is 1. The molecule has 0 atom stereocenters. The van der Waals surface area contributed by atoms with E-state index in [4.69, 9.17) is 5.11 Å². The van der Waals surface area contributed by atoms with Gasteiger partial charge in [-0.1, -0.05) is 12.1 Å². The molecule has 0 aliphatic carbocycles. The van der Waals surface area contributed by atoms with Crippen LogP contribution in [0.2, 0.25) is 0 Å². The van der Waals surface area contributed by atoms with Crippen molar-refractivity contribution in [3.05, 3.63) is 48.3 Å². The third kappa shape index (κ3) is 4.61. The Kier molecular flexibility index (Phi) is 4.59. The zero-order chi connectivity index (χ0) is 15.3. The number of hydrogen-bond donors (Lipinski definition) is 3. The second-order valence-corrected chi connectivity index (χ2v) is 5.52. The van der Waals surface area contributed by atoms with Crippen molar-refractivity contribution in [2.24, 2.45) is 0 Å². The van der Waals surface area contributed by atoms with Crippen LogP contribution in [-0.4, -0.2) is 33.1 Å². The number of carbonyl (C=O) groups is 1. The van der Waals surface area contributed by atoms with Crippen molar-refractivity contribution in [2.45, 2.75) is 25.9 Å². The molecule has 21 heavy (non-hydrogen) atoms. The summed E-state index contributed by atoms with van der Waals surface area (Å²) in [4.78, 5) is 11.8. The molecule has 2 amide bonds. The topological polar surface area (TPSA) is 79.2 Å². The van der Waals surface area contributed by atoms with E-state index in [1.165, 1.54) is 0 Å². The van der Waals surface area contributed by atoms with E-state index in [9.17, 15) is 4.79 Å². The van der Waals surface area contributed by atoms with Gasteiger partial charge in [-0.25, -0.2) is 4.79 Å². The Hall–Kier alpha value is -2.34. The lowest BCUT2D eigenvalue weighted by atomic mass is 10.1. The summed E-state index contributed by atoms with van der Waals surface area (Å²) in [5, 5.41) is 18.7. The van der Waals surface area contributed by atoms with Crippen molar-refractivity contribution in [1.82, 2.24) is 15.1 Å². The second kappa shape index (κ2) is 6.41. The van der Waals surface area contributed by atoms with E-state index in [-0.39, 0.29) is 12.6 Å². The van der Waals surface area contributed by atoms with Crippen LogP contribution < -0.4 is 10.6 Å². The van der Waals surface area contributed by atoms with E-state index in [1.54, 1.807) is 20.0 Å². The summed E-state index contributed by atoms with van der Waals surface area (Å²) in [6, 6.07) is 9.09. The Morgan fingerprint density at radius 3 is 2.62 bits per heavy atom. The van der Waals surface area contributed by atoms with Gasteiger partial charge in [0.2, 0.25) is 0 Å². The molecule has 0 spiro atoms. The number of aliphatic hydroxyl groups is 1. The van der Waals surface area contributed by atoms with Crippen LogP contribution in [0.25, 0.3) is 0 Å². The number of rotatable bonds is 5. The minimum atomic E-state index is -0.649. The van der Waals surface area contributed by atoms with Gasteiger partial charge in [0.25, 0.3) is 0 Å². The number of nitrogens with zero attached hydrogens (tertiary/aromatic N) is 2. The zero-order valence-electron chi connectivity index (χ0n) is 12.2. The van der Waals surface area contributed by atoms with Gasteiger partial charge in [-0.2, -0.15) is 5.10 Å². The summed E-state index contributed by atoms with van der Waals surface area (Å²) < 4.78 is 1.83. The molecule has 0 radical (unpaired) electrons. The van der Waals surface area contributed by atoms with Crippen LogP contribution in [0.5, 0.6) is 0 Å². The average molecular weight is 288 g/mol. The van der Waals surface area contributed by atoms with E-state index in [0.717, 1.165) is 5.56 Å². The first kappa shape index (κ1) is 15.1. The van der Waals surface area contributed by atoms with Crippen molar-refractivity contribution in [3.63, 3.8) is 0 Å². The molecule has 0 saturated heterocycles. The van der Waals surface area contributed by atoms with Crippen molar-refractivity contribution in [2.75, 3.05) is 11.9 Å². The lowest BCUT2D eigenvalue weighted by molar-refractivity contribution is 0.187. The number of anilines is 1. The first-order valence-electron chi connectivity index (χ1n) is 6.75. The summed E-state index contributed by atoms with van der Waals surface area (Å²) in [5.74, 6) is 0. The minimum absolute atomic E-state index is 0.122. The maximum atomic E-state index is 11.8. The Morgan fingerprint density at radius 1 is 1.33 bits per heavy atom. The number of benzene rings is 1. The Balaban J connectivity index is 1.92. The van der Waals surface area contributed by atoms with Crippen molar-refractivity contribution in [3.8, 4) is 0 Å². The third-order valence-corrected chi connectivity index (χ3v) is 2.96. The van der Waals surface area contributed by atoms with Crippen molar-refractivity contribution >= 4 is 11.7 Å². The molecule has 0 unspecified atom stereocenters. The largest absolute Gasteiger partial charge is 0.394 e. The van der Waals surface area contributed by atoms with E-state index in [1.807, 2.05) is 41.2 Å². The molecule has 1 aromatic carbocycles. The molecule has 0 bridgehead atoms. The van der Waals surface area contributed by atoms with Crippen LogP contribution in [0.1, 0.15) is 19.4 Å². The number of hydrogen-bond acceptors (Lipinski definition) is 3. The van der Waals surface area contributed by atoms with Gasteiger partial charge in [0.15, 0.2) is 0 Å². The molecule has 6 heteroatoms. The molecule has 0 aliphatic heterocycles. The highest BCUT2D eigenvalue weighted by molar-refractivity contribution is 5.89. The fourth-order valence-corrected chi connectivity index (χ4v) is 1.78. The quantitative estimate of drug-likeness (QED) is 0.785. The van der Waals surface area contributed by atoms with E-state index < -0.39 is 5.54 Å². The highest BCUT2D eigenvalue weighted by Crippen LogP contribution is 2.11. The fourth-order valence-electron chi connectivity index (χ4n) is 1.78. The van der Waals surface area contributed by atoms with Crippen LogP contribution in [-0.2, 0) is 6.54 Å². The van der Waals surface area contributed by atoms with Gasteiger partial charge in [0.05, 0.1) is 18.7 Å². The van der Waals surface area contributed by atoms with Gasteiger partial charge in [-0.3, -0.25) is 4.68 Å². The molecule has 0 fully saturated rings. The van der Waals surface area contributed by atoms with Gasteiger partial charge in [-0.05, 0) is 37.6 Å². The fraction of sp³-hybridized carbons (Fsp3) is 0.333. The standard InChI is InChI=1S/C15H20N4O2/c1-15(2,11-20)18-14(21)17-13-6-4-12(5-7-13)10-19-9-3-8-16-19/h3-9,20H,10-11H2,1-2H3,(H2,17,18,21). The number of aliphatic hydroxyl groups excluding tert-OH is 1. The Morgan fingerprint density at radius 2 is 2.05 bits per heavy atom. The number of urea groups is 1. The lowest BCUT2D eigenvalue weighted by Gasteiger charge is -2.23. The lowest BCUT2D eigenvalue weighted by Crippen LogP contribution is -2.48. The monoisotopic (exact) mass is 288 g/mol. The number of amides is 2. The van der Waals surface area contributed by atoms with Crippen LogP contribution in [0, 0.1) is 0 Å². The molecule has 2 rings (SSSR count). The molecule has 1 aromatic heterocycles. The minimum Gasteiger partial charge on any atom is -0.394 e. The van der Waals surface area contributed by atoms with E-state index >= 15 is 0 Å². The highest BCUT2D eigenvalue weighted by Gasteiger charge is 2.18. The highest BCUT2D eigenvalue weighted by atomic mass is 16.3. The van der Waals surface area contributed by atoms with Crippen LogP contribution >= 0.6 is 0 Å². The first-order chi connectivity index (χ1) is 9.98. The number of aromatic nitrogens is 2. The maximum absolute atomic E-state index is 11.8. The van der Waals surface area contributed by atoms with Gasteiger partial charge in [-0.15, -0.1) is 0 Å². The third-order valence-electron chi connectivity index (χ3n) is 2.96. The first-order valence-corrected chi connectivity index (χ1v) is 6.75. The van der Waals surface area contributed by atoms with Gasteiger partial charge >= 0.3 is 6.03 Å². The van der Waals surface area contributed by atoms with Crippen LogP contribution in [0.4, 0.5) is 10.5 Å². The van der Waals surface area contributed by atoms with Crippen LogP contribution in [0.15, 0.2) is 42.7 Å². The van der Waals surface area contributed by atoms with Crippen molar-refractivity contribution < 1.29 is 9.90 Å². The zero-order valence-corrected chi connectivity index (χ0v) is 12.2. The molecular weight excluding hydrogens is 268 g/mol. The molecule has 6 nitrogen and oxygen atoms in total. The normalized spacial score (nSPS) is 11.2. The molecule has 0 saturated carbocycles. The molecule has 1 heterocycles. The van der Waals surface area contributed by atoms with Crippen LogP contribution in [0.3, 0.4) is 0 Å².